The van der Waals surface area contributed by atoms with Crippen molar-refractivity contribution in [2.45, 2.75) is 18.5 Å². The Morgan fingerprint density at radius 2 is 1.90 bits per heavy atom. The van der Waals surface area contributed by atoms with Crippen LogP contribution in [0.15, 0.2) is 59.8 Å². The van der Waals surface area contributed by atoms with Crippen LogP contribution in [0.25, 0.3) is 11.3 Å². The smallest absolute Gasteiger partial charge is 0.236 e. The Hall–Kier alpha value is -3.17. The molecule has 0 aliphatic carbocycles. The number of thiazole rings is 1. The lowest BCUT2D eigenvalue weighted by atomic mass is 10.1. The van der Waals surface area contributed by atoms with E-state index in [-0.39, 0.29) is 11.7 Å². The average Bonchev–Trinajstić information content (AvgIpc) is 3.39. The fourth-order valence-corrected chi connectivity index (χ4v) is 4.43. The van der Waals surface area contributed by atoms with Crippen LogP contribution in [0.1, 0.15) is 16.3 Å². The van der Waals surface area contributed by atoms with E-state index in [9.17, 15) is 4.79 Å². The number of amides is 1. The van der Waals surface area contributed by atoms with Gasteiger partial charge in [-0.05, 0) is 24.6 Å². The molecular formula is C22H21N5O2S2. The number of nitrogens with one attached hydrogen (secondary N) is 2. The Morgan fingerprint density at radius 3 is 2.65 bits per heavy atom. The lowest BCUT2D eigenvalue weighted by Crippen LogP contribution is -2.13. The summed E-state index contributed by atoms with van der Waals surface area (Å²) in [5, 5.41) is 11.1. The van der Waals surface area contributed by atoms with E-state index >= 15 is 0 Å². The maximum Gasteiger partial charge on any atom is 0.236 e. The zero-order valence-electron chi connectivity index (χ0n) is 17.1. The number of nitrogens with zero attached hydrogens (tertiary/aromatic N) is 3. The Balaban J connectivity index is 1.30. The first kappa shape index (κ1) is 21.1. The molecular weight excluding hydrogens is 430 g/mol. The molecule has 0 bridgehead atoms. The van der Waals surface area contributed by atoms with Crippen LogP contribution in [0.4, 0.5) is 5.13 Å². The molecule has 0 fully saturated rings. The summed E-state index contributed by atoms with van der Waals surface area (Å²) in [4.78, 5) is 22.4. The zero-order chi connectivity index (χ0) is 21.6. The van der Waals surface area contributed by atoms with Gasteiger partial charge >= 0.3 is 0 Å². The van der Waals surface area contributed by atoms with Gasteiger partial charge in [0.15, 0.2) is 5.13 Å². The maximum atomic E-state index is 12.4. The van der Waals surface area contributed by atoms with Crippen LogP contribution in [-0.2, 0) is 11.2 Å². The van der Waals surface area contributed by atoms with Crippen LogP contribution in [0.5, 0.6) is 5.75 Å². The number of hydrogen-bond acceptors (Lipinski definition) is 7. The number of aryl methyl sites for hydroxylation is 1. The van der Waals surface area contributed by atoms with E-state index in [1.165, 1.54) is 23.1 Å². The highest BCUT2D eigenvalue weighted by atomic mass is 32.2. The fraction of sp³-hybridized carbons (Fsp3) is 0.182. The molecule has 158 valence electrons. The number of carbonyl (C=O) groups is 1. The number of benzene rings is 2. The van der Waals surface area contributed by atoms with Crippen molar-refractivity contribution in [1.29, 1.82) is 0 Å². The third-order valence-corrected chi connectivity index (χ3v) is 6.20. The lowest BCUT2D eigenvalue weighted by Gasteiger charge is -2.01. The summed E-state index contributed by atoms with van der Waals surface area (Å²) < 4.78 is 5.17. The summed E-state index contributed by atoms with van der Waals surface area (Å²) in [5.41, 5.74) is 3.03. The predicted octanol–water partition coefficient (Wildman–Crippen LogP) is 4.57. The molecule has 0 saturated carbocycles. The van der Waals surface area contributed by atoms with Gasteiger partial charge in [0.2, 0.25) is 11.1 Å². The molecule has 0 aliphatic rings. The SMILES string of the molecule is COc1ccc(Cc2nc(SCC(=O)Nc3nc(-c4ccccc4)c(C)s3)n[nH]2)cc1. The Kier molecular flexibility index (Phi) is 6.63. The largest absolute Gasteiger partial charge is 0.497 e. The van der Waals surface area contributed by atoms with Gasteiger partial charge in [-0.15, -0.1) is 16.4 Å². The standard InChI is InChI=1S/C22H21N5O2S2/c1-14-20(16-6-4-3-5-7-16)25-21(31-14)24-19(28)13-30-22-23-18(26-27-22)12-15-8-10-17(29-2)11-9-15/h3-11H,12-13H2,1-2H3,(H,23,26,27)(H,24,25,28). The number of aromatic nitrogens is 4. The van der Waals surface area contributed by atoms with Gasteiger partial charge in [-0.2, -0.15) is 0 Å². The molecule has 9 heteroatoms. The molecule has 2 aromatic carbocycles. The minimum Gasteiger partial charge on any atom is -0.497 e. The molecule has 0 atom stereocenters. The van der Waals surface area contributed by atoms with E-state index < -0.39 is 0 Å². The number of aromatic amines is 1. The fourth-order valence-electron chi connectivity index (χ4n) is 2.96. The molecule has 2 heterocycles. The summed E-state index contributed by atoms with van der Waals surface area (Å²) in [6.07, 6.45) is 0.629. The average molecular weight is 452 g/mol. The molecule has 0 saturated heterocycles. The zero-order valence-corrected chi connectivity index (χ0v) is 18.7. The second-order valence-corrected chi connectivity index (χ2v) is 8.86. The predicted molar refractivity (Wildman–Crippen MR) is 124 cm³/mol. The number of hydrogen-bond donors (Lipinski definition) is 2. The van der Waals surface area contributed by atoms with Crippen molar-refractivity contribution in [3.05, 3.63) is 70.9 Å². The van der Waals surface area contributed by atoms with Gasteiger partial charge in [0.25, 0.3) is 0 Å². The van der Waals surface area contributed by atoms with E-state index in [0.29, 0.717) is 16.7 Å². The Bertz CT molecular complexity index is 1160. The van der Waals surface area contributed by atoms with Crippen molar-refractivity contribution >= 4 is 34.1 Å². The lowest BCUT2D eigenvalue weighted by molar-refractivity contribution is -0.113. The molecule has 2 aromatic heterocycles. The molecule has 2 N–H and O–H groups in total. The highest BCUT2D eigenvalue weighted by Crippen LogP contribution is 2.30. The second kappa shape index (κ2) is 9.76. The van der Waals surface area contributed by atoms with Crippen LogP contribution in [0.2, 0.25) is 0 Å². The van der Waals surface area contributed by atoms with Crippen molar-refractivity contribution in [3.63, 3.8) is 0 Å². The number of thioether (sulfide) groups is 1. The van der Waals surface area contributed by atoms with Crippen molar-refractivity contribution in [3.8, 4) is 17.0 Å². The van der Waals surface area contributed by atoms with Gasteiger partial charge in [-0.25, -0.2) is 9.97 Å². The Labute approximate surface area is 188 Å². The van der Waals surface area contributed by atoms with Gasteiger partial charge in [0, 0.05) is 16.9 Å². The summed E-state index contributed by atoms with van der Waals surface area (Å²) in [6, 6.07) is 17.7. The quantitative estimate of drug-likeness (QED) is 0.381. The van der Waals surface area contributed by atoms with E-state index in [1.807, 2.05) is 61.5 Å². The highest BCUT2D eigenvalue weighted by Gasteiger charge is 2.13. The van der Waals surface area contributed by atoms with E-state index in [0.717, 1.165) is 33.3 Å². The van der Waals surface area contributed by atoms with Gasteiger partial charge in [0.1, 0.15) is 11.6 Å². The number of methoxy groups -OCH3 is 1. The second-order valence-electron chi connectivity index (χ2n) is 6.72. The number of carbonyl (C=O) groups excluding carboxylic acids is 1. The van der Waals surface area contributed by atoms with Crippen molar-refractivity contribution in [2.24, 2.45) is 0 Å². The molecule has 4 rings (SSSR count). The van der Waals surface area contributed by atoms with E-state index in [4.69, 9.17) is 4.74 Å². The van der Waals surface area contributed by atoms with Crippen LogP contribution in [0.3, 0.4) is 0 Å². The molecule has 4 aromatic rings. The molecule has 0 spiro atoms. The van der Waals surface area contributed by atoms with Gasteiger partial charge < -0.3 is 10.1 Å². The summed E-state index contributed by atoms with van der Waals surface area (Å²) in [6.45, 7) is 2.00. The molecule has 7 nitrogen and oxygen atoms in total. The van der Waals surface area contributed by atoms with Crippen LogP contribution >= 0.6 is 23.1 Å². The minimum atomic E-state index is -0.139. The molecule has 31 heavy (non-hydrogen) atoms. The topological polar surface area (TPSA) is 92.8 Å². The number of rotatable bonds is 8. The maximum absolute atomic E-state index is 12.4. The summed E-state index contributed by atoms with van der Waals surface area (Å²) >= 11 is 2.75. The van der Waals surface area contributed by atoms with Crippen LogP contribution in [0, 0.1) is 6.92 Å². The van der Waals surface area contributed by atoms with Gasteiger partial charge in [0.05, 0.1) is 18.6 Å². The summed E-state index contributed by atoms with van der Waals surface area (Å²) in [7, 11) is 1.64. The minimum absolute atomic E-state index is 0.139. The number of ether oxygens (including phenoxy) is 1. The van der Waals surface area contributed by atoms with Crippen molar-refractivity contribution in [2.75, 3.05) is 18.2 Å². The normalized spacial score (nSPS) is 10.8. The monoisotopic (exact) mass is 451 g/mol. The molecule has 1 amide bonds. The third kappa shape index (κ3) is 5.50. The first-order valence-electron chi connectivity index (χ1n) is 9.60. The van der Waals surface area contributed by atoms with Crippen molar-refractivity contribution in [1.82, 2.24) is 20.2 Å². The van der Waals surface area contributed by atoms with Crippen LogP contribution < -0.4 is 10.1 Å². The number of H-pyrrole nitrogens is 1. The Morgan fingerprint density at radius 1 is 1.13 bits per heavy atom. The first-order chi connectivity index (χ1) is 15.1. The van der Waals surface area contributed by atoms with Gasteiger partial charge in [-0.1, -0.05) is 54.2 Å². The third-order valence-electron chi connectivity index (χ3n) is 4.46. The molecule has 0 unspecified atom stereocenters. The van der Waals surface area contributed by atoms with Gasteiger partial charge in [-0.3, -0.25) is 9.89 Å². The number of anilines is 1. The van der Waals surface area contributed by atoms with Crippen LogP contribution in [-0.4, -0.2) is 38.9 Å². The summed E-state index contributed by atoms with van der Waals surface area (Å²) in [5.74, 6) is 1.63. The first-order valence-corrected chi connectivity index (χ1v) is 11.4. The molecule has 0 radical (unpaired) electrons. The highest BCUT2D eigenvalue weighted by molar-refractivity contribution is 7.99. The van der Waals surface area contributed by atoms with Crippen molar-refractivity contribution < 1.29 is 9.53 Å². The molecule has 0 aliphatic heterocycles. The van der Waals surface area contributed by atoms with E-state index in [2.05, 4.69) is 25.5 Å². The van der Waals surface area contributed by atoms with E-state index in [1.54, 1.807) is 7.11 Å².